The number of hydrogen-bond acceptors (Lipinski definition) is 10. The van der Waals surface area contributed by atoms with Crippen LogP contribution in [-0.2, 0) is 33.8 Å². The van der Waals surface area contributed by atoms with Gasteiger partial charge in [0, 0.05) is 17.7 Å². The van der Waals surface area contributed by atoms with Gasteiger partial charge in [0.1, 0.15) is 13.2 Å². The van der Waals surface area contributed by atoms with Gasteiger partial charge in [-0.05, 0) is 31.2 Å². The normalized spacial score (nSPS) is 11.2. The Kier molecular flexibility index (Phi) is 9.45. The number of ether oxygens (including phenoxy) is 4. The average Bonchev–Trinajstić information content (AvgIpc) is 3.13. The van der Waals surface area contributed by atoms with Crippen molar-refractivity contribution < 1.29 is 47.2 Å². The van der Waals surface area contributed by atoms with Crippen molar-refractivity contribution in [2.45, 2.75) is 11.8 Å². The number of rotatable bonds is 13. The minimum absolute atomic E-state index is 0.0276. The van der Waals surface area contributed by atoms with Gasteiger partial charge in [-0.1, -0.05) is 6.58 Å². The van der Waals surface area contributed by atoms with Crippen molar-refractivity contribution in [3.63, 3.8) is 0 Å². The van der Waals surface area contributed by atoms with E-state index in [4.69, 9.17) is 18.9 Å². The summed E-state index contributed by atoms with van der Waals surface area (Å²) in [6.07, 6.45) is 0. The van der Waals surface area contributed by atoms with E-state index >= 15 is 0 Å². The zero-order valence-corrected chi connectivity index (χ0v) is 18.7. The third kappa shape index (κ3) is 7.34. The topological polar surface area (TPSA) is 151 Å². The summed E-state index contributed by atoms with van der Waals surface area (Å²) in [6.45, 7) is 5.94. The highest BCUT2D eigenvalue weighted by Gasteiger charge is 2.23. The first-order chi connectivity index (χ1) is 15.6. The average molecular weight is 483 g/mol. The third-order valence-electron chi connectivity index (χ3n) is 4.07. The molecular weight excluding hydrogens is 458 g/mol. The molecule has 12 heteroatoms. The first kappa shape index (κ1) is 25.9. The SMILES string of the molecule is C=C(C)C(=O)OCCOCCOCCOC(=O)c1ccc(S(=O)(=O)n2c(O)ccc2O)cc1. The molecule has 0 aliphatic heterocycles. The Morgan fingerprint density at radius 1 is 0.848 bits per heavy atom. The summed E-state index contributed by atoms with van der Waals surface area (Å²) < 4.78 is 45.8. The minimum Gasteiger partial charge on any atom is -0.494 e. The lowest BCUT2D eigenvalue weighted by Crippen LogP contribution is -2.15. The van der Waals surface area contributed by atoms with E-state index in [0.717, 1.165) is 24.3 Å². The van der Waals surface area contributed by atoms with Gasteiger partial charge in [-0.15, -0.1) is 0 Å². The molecule has 0 bridgehead atoms. The molecule has 1 aromatic heterocycles. The summed E-state index contributed by atoms with van der Waals surface area (Å²) in [5.41, 5.74) is 0.425. The predicted molar refractivity (Wildman–Crippen MR) is 114 cm³/mol. The molecule has 180 valence electrons. The lowest BCUT2D eigenvalue weighted by atomic mass is 10.2. The van der Waals surface area contributed by atoms with E-state index in [0.29, 0.717) is 9.55 Å². The zero-order chi connectivity index (χ0) is 24.4. The maximum Gasteiger partial charge on any atom is 0.338 e. The number of benzene rings is 1. The van der Waals surface area contributed by atoms with Crippen LogP contribution in [-0.4, -0.2) is 74.2 Å². The molecule has 0 atom stereocenters. The van der Waals surface area contributed by atoms with Gasteiger partial charge in [-0.25, -0.2) is 18.0 Å². The lowest BCUT2D eigenvalue weighted by molar-refractivity contribution is -0.140. The van der Waals surface area contributed by atoms with Crippen LogP contribution in [0.15, 0.2) is 53.4 Å². The number of aromatic hydroxyl groups is 2. The predicted octanol–water partition coefficient (Wildman–Crippen LogP) is 1.45. The van der Waals surface area contributed by atoms with Crippen LogP contribution in [0, 0.1) is 0 Å². The Labute approximate surface area is 190 Å². The highest BCUT2D eigenvalue weighted by molar-refractivity contribution is 7.90. The van der Waals surface area contributed by atoms with Gasteiger partial charge in [0.15, 0.2) is 0 Å². The Bertz CT molecular complexity index is 1050. The molecule has 2 aromatic rings. The Morgan fingerprint density at radius 3 is 1.85 bits per heavy atom. The van der Waals surface area contributed by atoms with E-state index < -0.39 is 33.7 Å². The van der Waals surface area contributed by atoms with Crippen LogP contribution in [0.1, 0.15) is 17.3 Å². The zero-order valence-electron chi connectivity index (χ0n) is 17.9. The first-order valence-corrected chi connectivity index (χ1v) is 11.2. The van der Waals surface area contributed by atoms with Crippen LogP contribution >= 0.6 is 0 Å². The van der Waals surface area contributed by atoms with Crippen LogP contribution < -0.4 is 0 Å². The van der Waals surface area contributed by atoms with Crippen molar-refractivity contribution in [2.24, 2.45) is 0 Å². The molecular formula is C21H25NO10S. The lowest BCUT2D eigenvalue weighted by Gasteiger charge is -2.09. The quantitative estimate of drug-likeness (QED) is 0.243. The summed E-state index contributed by atoms with van der Waals surface area (Å²) in [7, 11) is -4.24. The molecule has 2 rings (SSSR count). The first-order valence-electron chi connectivity index (χ1n) is 9.75. The van der Waals surface area contributed by atoms with Gasteiger partial charge in [-0.3, -0.25) is 0 Å². The van der Waals surface area contributed by atoms with E-state index in [9.17, 15) is 28.2 Å². The van der Waals surface area contributed by atoms with Crippen molar-refractivity contribution in [2.75, 3.05) is 39.6 Å². The number of carbonyl (C=O) groups is 2. The second-order valence-corrected chi connectivity index (χ2v) is 8.41. The molecule has 0 fully saturated rings. The minimum atomic E-state index is -4.24. The molecule has 0 radical (unpaired) electrons. The van der Waals surface area contributed by atoms with Crippen molar-refractivity contribution in [1.82, 2.24) is 3.97 Å². The monoisotopic (exact) mass is 483 g/mol. The van der Waals surface area contributed by atoms with Crippen molar-refractivity contribution in [1.29, 1.82) is 0 Å². The van der Waals surface area contributed by atoms with Crippen LogP contribution in [0.5, 0.6) is 11.8 Å². The number of hydrogen-bond donors (Lipinski definition) is 2. The number of carbonyl (C=O) groups excluding carboxylic acids is 2. The maximum atomic E-state index is 12.5. The third-order valence-corrected chi connectivity index (χ3v) is 5.79. The van der Waals surface area contributed by atoms with Crippen molar-refractivity contribution >= 4 is 22.0 Å². The fourth-order valence-corrected chi connectivity index (χ4v) is 3.74. The van der Waals surface area contributed by atoms with Crippen LogP contribution in [0.3, 0.4) is 0 Å². The van der Waals surface area contributed by atoms with Crippen molar-refractivity contribution in [3.8, 4) is 11.8 Å². The smallest absolute Gasteiger partial charge is 0.338 e. The second kappa shape index (κ2) is 12.0. The van der Waals surface area contributed by atoms with Gasteiger partial charge in [0.25, 0.3) is 10.0 Å². The number of esters is 2. The maximum absolute atomic E-state index is 12.5. The van der Waals surface area contributed by atoms with Gasteiger partial charge in [0.05, 0.1) is 36.9 Å². The fraction of sp³-hybridized carbons (Fsp3) is 0.333. The summed E-state index contributed by atoms with van der Waals surface area (Å²) in [5, 5.41) is 19.3. The molecule has 1 heterocycles. The number of aromatic nitrogens is 1. The van der Waals surface area contributed by atoms with Crippen LogP contribution in [0.2, 0.25) is 0 Å². The summed E-state index contributed by atoms with van der Waals surface area (Å²) >= 11 is 0. The number of nitrogens with zero attached hydrogens (tertiary/aromatic N) is 1. The Morgan fingerprint density at radius 2 is 1.33 bits per heavy atom. The molecule has 0 aliphatic rings. The van der Waals surface area contributed by atoms with E-state index in [1.165, 1.54) is 12.1 Å². The van der Waals surface area contributed by atoms with Crippen LogP contribution in [0.25, 0.3) is 0 Å². The summed E-state index contributed by atoms with van der Waals surface area (Å²) in [6, 6.07) is 6.89. The molecule has 2 N–H and O–H groups in total. The fourth-order valence-electron chi connectivity index (χ4n) is 2.43. The molecule has 33 heavy (non-hydrogen) atoms. The standard InChI is InChI=1S/C21H25NO10S/c1-15(2)20(25)31-13-11-29-9-10-30-12-14-32-21(26)16-3-5-17(6-4-16)33(27,28)22-18(23)7-8-19(22)24/h3-8,23-24H,1,9-14H2,2H3. The molecule has 0 spiro atoms. The Balaban J connectivity index is 1.68. The van der Waals surface area contributed by atoms with Gasteiger partial charge < -0.3 is 29.2 Å². The molecule has 0 aliphatic carbocycles. The molecule has 0 saturated carbocycles. The van der Waals surface area contributed by atoms with Gasteiger partial charge in [0.2, 0.25) is 11.8 Å². The second-order valence-electron chi connectivity index (χ2n) is 6.62. The molecule has 0 amide bonds. The van der Waals surface area contributed by atoms with E-state index in [1.54, 1.807) is 6.92 Å². The van der Waals surface area contributed by atoms with E-state index in [-0.39, 0.29) is 50.1 Å². The van der Waals surface area contributed by atoms with Gasteiger partial charge >= 0.3 is 11.9 Å². The molecule has 0 unspecified atom stereocenters. The van der Waals surface area contributed by atoms with E-state index in [1.807, 2.05) is 0 Å². The largest absolute Gasteiger partial charge is 0.494 e. The Hall–Kier alpha value is -3.35. The summed E-state index contributed by atoms with van der Waals surface area (Å²) in [4.78, 5) is 23.0. The van der Waals surface area contributed by atoms with Gasteiger partial charge in [-0.2, -0.15) is 3.97 Å². The molecule has 11 nitrogen and oxygen atoms in total. The highest BCUT2D eigenvalue weighted by atomic mass is 32.2. The summed E-state index contributed by atoms with van der Waals surface area (Å²) in [5.74, 6) is -2.45. The molecule has 0 saturated heterocycles. The van der Waals surface area contributed by atoms with Crippen LogP contribution in [0.4, 0.5) is 0 Å². The van der Waals surface area contributed by atoms with E-state index in [2.05, 4.69) is 6.58 Å². The van der Waals surface area contributed by atoms with Crippen molar-refractivity contribution in [3.05, 3.63) is 54.1 Å². The highest BCUT2D eigenvalue weighted by Crippen LogP contribution is 2.27. The molecule has 1 aromatic carbocycles.